The summed E-state index contributed by atoms with van der Waals surface area (Å²) in [6, 6.07) is 16.3. The number of methoxy groups -OCH3 is 1. The summed E-state index contributed by atoms with van der Waals surface area (Å²) in [4.78, 5) is 15.8. The number of aromatic nitrogens is 1. The Kier molecular flexibility index (Phi) is 4.63. The summed E-state index contributed by atoms with van der Waals surface area (Å²) >= 11 is 0. The van der Waals surface area contributed by atoms with Crippen LogP contribution in [0.25, 0.3) is 22.4 Å². The molecule has 0 radical (unpaired) electrons. The van der Waals surface area contributed by atoms with Crippen molar-refractivity contribution >= 4 is 11.8 Å². The topological polar surface area (TPSA) is 89.0 Å². The summed E-state index contributed by atoms with van der Waals surface area (Å²) in [6.45, 7) is 0. The van der Waals surface area contributed by atoms with Gasteiger partial charge in [0, 0.05) is 11.1 Å². The lowest BCUT2D eigenvalue weighted by Crippen LogP contribution is -2.02. The standard InChI is InChI=1S/C20H14FN3O2/c1-26-20(25)13-7-5-12(6-8-13)16-10-18(24-19(23)17(16)11-22)14-3-2-4-15(21)9-14/h2-10H,1H3,(H2,23,24). The molecule has 128 valence electrons. The normalized spacial score (nSPS) is 10.2. The highest BCUT2D eigenvalue weighted by molar-refractivity contribution is 5.90. The van der Waals surface area contributed by atoms with Crippen molar-refractivity contribution in [1.29, 1.82) is 5.26 Å². The first-order chi connectivity index (χ1) is 12.5. The molecule has 3 aromatic rings. The van der Waals surface area contributed by atoms with Gasteiger partial charge < -0.3 is 10.5 Å². The lowest BCUT2D eigenvalue weighted by atomic mass is 9.97. The van der Waals surface area contributed by atoms with Crippen molar-refractivity contribution in [2.45, 2.75) is 0 Å². The highest BCUT2D eigenvalue weighted by atomic mass is 19.1. The van der Waals surface area contributed by atoms with Gasteiger partial charge in [-0.05, 0) is 35.9 Å². The van der Waals surface area contributed by atoms with Gasteiger partial charge in [-0.25, -0.2) is 14.2 Å². The molecule has 5 nitrogen and oxygen atoms in total. The molecular weight excluding hydrogens is 333 g/mol. The van der Waals surface area contributed by atoms with E-state index in [4.69, 9.17) is 5.73 Å². The highest BCUT2D eigenvalue weighted by Gasteiger charge is 2.14. The molecule has 26 heavy (non-hydrogen) atoms. The van der Waals surface area contributed by atoms with E-state index in [9.17, 15) is 14.4 Å². The molecule has 0 saturated carbocycles. The number of carbonyl (C=O) groups is 1. The second kappa shape index (κ2) is 7.03. The van der Waals surface area contributed by atoms with Crippen LogP contribution in [-0.4, -0.2) is 18.1 Å². The maximum absolute atomic E-state index is 13.5. The molecule has 0 amide bonds. The molecular formula is C20H14FN3O2. The van der Waals surface area contributed by atoms with Gasteiger partial charge in [0.05, 0.1) is 18.4 Å². The molecule has 2 N–H and O–H groups in total. The molecule has 0 aliphatic heterocycles. The number of ether oxygens (including phenoxy) is 1. The molecule has 0 unspecified atom stereocenters. The average Bonchev–Trinajstić information content (AvgIpc) is 2.67. The van der Waals surface area contributed by atoms with Crippen LogP contribution in [-0.2, 0) is 4.74 Å². The van der Waals surface area contributed by atoms with Gasteiger partial charge in [0.25, 0.3) is 0 Å². The third-order valence-electron chi connectivity index (χ3n) is 3.90. The quantitative estimate of drug-likeness (QED) is 0.728. The second-order valence-electron chi connectivity index (χ2n) is 5.51. The predicted molar refractivity (Wildman–Crippen MR) is 95.5 cm³/mol. The minimum Gasteiger partial charge on any atom is -0.465 e. The number of hydrogen-bond acceptors (Lipinski definition) is 5. The molecule has 1 aromatic heterocycles. The Hall–Kier alpha value is -3.72. The van der Waals surface area contributed by atoms with Gasteiger partial charge in [0.15, 0.2) is 0 Å². The minimum atomic E-state index is -0.452. The van der Waals surface area contributed by atoms with Crippen molar-refractivity contribution in [2.75, 3.05) is 12.8 Å². The number of nitriles is 1. The number of carbonyl (C=O) groups excluding carboxylic acids is 1. The molecule has 0 saturated heterocycles. The third-order valence-corrected chi connectivity index (χ3v) is 3.90. The smallest absolute Gasteiger partial charge is 0.337 e. The zero-order chi connectivity index (χ0) is 18.7. The maximum Gasteiger partial charge on any atom is 0.337 e. The molecule has 0 spiro atoms. The lowest BCUT2D eigenvalue weighted by molar-refractivity contribution is 0.0601. The molecule has 3 rings (SSSR count). The van der Waals surface area contributed by atoms with Crippen LogP contribution < -0.4 is 5.73 Å². The Morgan fingerprint density at radius 2 is 1.88 bits per heavy atom. The number of benzene rings is 2. The zero-order valence-electron chi connectivity index (χ0n) is 13.9. The number of halogens is 1. The number of esters is 1. The fourth-order valence-corrected chi connectivity index (χ4v) is 2.61. The number of anilines is 1. The van der Waals surface area contributed by atoms with Gasteiger partial charge in [0.1, 0.15) is 23.3 Å². The van der Waals surface area contributed by atoms with Crippen LogP contribution in [0.5, 0.6) is 0 Å². The number of nitrogen functional groups attached to an aromatic ring is 1. The van der Waals surface area contributed by atoms with Crippen molar-refractivity contribution < 1.29 is 13.9 Å². The van der Waals surface area contributed by atoms with E-state index < -0.39 is 11.8 Å². The molecule has 0 atom stereocenters. The SMILES string of the molecule is COC(=O)c1ccc(-c2cc(-c3cccc(F)c3)nc(N)c2C#N)cc1. The van der Waals surface area contributed by atoms with Gasteiger partial charge in [-0.15, -0.1) is 0 Å². The molecule has 2 aromatic carbocycles. The van der Waals surface area contributed by atoms with Crippen LogP contribution in [0.2, 0.25) is 0 Å². The molecule has 0 fully saturated rings. The van der Waals surface area contributed by atoms with Crippen molar-refractivity contribution in [3.8, 4) is 28.5 Å². The molecule has 6 heteroatoms. The molecule has 0 aliphatic rings. The first-order valence-electron chi connectivity index (χ1n) is 7.69. The fraction of sp³-hybridized carbons (Fsp3) is 0.0500. The summed E-state index contributed by atoms with van der Waals surface area (Å²) in [5.41, 5.74) is 8.79. The Morgan fingerprint density at radius 3 is 2.50 bits per heavy atom. The van der Waals surface area contributed by atoms with E-state index in [2.05, 4.69) is 9.72 Å². The minimum absolute atomic E-state index is 0.0568. The van der Waals surface area contributed by atoms with Crippen LogP contribution >= 0.6 is 0 Å². The fourth-order valence-electron chi connectivity index (χ4n) is 2.61. The summed E-state index contributed by atoms with van der Waals surface area (Å²) in [5.74, 6) is -0.788. The highest BCUT2D eigenvalue weighted by Crippen LogP contribution is 2.31. The van der Waals surface area contributed by atoms with Gasteiger partial charge in [0.2, 0.25) is 0 Å². The largest absolute Gasteiger partial charge is 0.465 e. The number of pyridine rings is 1. The molecule has 1 heterocycles. The summed E-state index contributed by atoms with van der Waals surface area (Å²) in [5, 5.41) is 9.44. The number of nitrogens with two attached hydrogens (primary N) is 1. The van der Waals surface area contributed by atoms with Gasteiger partial charge in [-0.1, -0.05) is 24.3 Å². The van der Waals surface area contributed by atoms with E-state index in [1.165, 1.54) is 19.2 Å². The molecule has 0 bridgehead atoms. The van der Waals surface area contributed by atoms with Gasteiger partial charge >= 0.3 is 5.97 Å². The van der Waals surface area contributed by atoms with Crippen molar-refractivity contribution in [2.24, 2.45) is 0 Å². The summed E-state index contributed by atoms with van der Waals surface area (Å²) < 4.78 is 18.2. The van der Waals surface area contributed by atoms with E-state index in [0.29, 0.717) is 27.9 Å². The third kappa shape index (κ3) is 3.23. The Labute approximate surface area is 149 Å². The van der Waals surface area contributed by atoms with Crippen LogP contribution in [0.15, 0.2) is 54.6 Å². The summed E-state index contributed by atoms with van der Waals surface area (Å²) in [7, 11) is 1.30. The van der Waals surface area contributed by atoms with Crippen molar-refractivity contribution in [3.05, 3.63) is 71.5 Å². The number of hydrogen-bond donors (Lipinski definition) is 1. The van der Waals surface area contributed by atoms with E-state index in [-0.39, 0.29) is 11.4 Å². The number of nitrogens with zero attached hydrogens (tertiary/aromatic N) is 2. The summed E-state index contributed by atoms with van der Waals surface area (Å²) in [6.07, 6.45) is 0. The second-order valence-corrected chi connectivity index (χ2v) is 5.51. The van der Waals surface area contributed by atoms with Crippen LogP contribution in [0, 0.1) is 17.1 Å². The Balaban J connectivity index is 2.14. The lowest BCUT2D eigenvalue weighted by Gasteiger charge is -2.11. The number of rotatable bonds is 3. The first kappa shape index (κ1) is 17.1. The van der Waals surface area contributed by atoms with E-state index in [1.54, 1.807) is 42.5 Å². The monoisotopic (exact) mass is 347 g/mol. The van der Waals surface area contributed by atoms with E-state index in [0.717, 1.165) is 0 Å². The van der Waals surface area contributed by atoms with Gasteiger partial charge in [-0.3, -0.25) is 0 Å². The van der Waals surface area contributed by atoms with E-state index in [1.807, 2.05) is 6.07 Å². The van der Waals surface area contributed by atoms with E-state index >= 15 is 0 Å². The molecule has 0 aliphatic carbocycles. The van der Waals surface area contributed by atoms with Crippen molar-refractivity contribution in [1.82, 2.24) is 4.98 Å². The first-order valence-corrected chi connectivity index (χ1v) is 7.69. The predicted octanol–water partition coefficient (Wildman–Crippen LogP) is 3.80. The van der Waals surface area contributed by atoms with Crippen LogP contribution in [0.3, 0.4) is 0 Å². The zero-order valence-corrected chi connectivity index (χ0v) is 13.9. The average molecular weight is 347 g/mol. The van der Waals surface area contributed by atoms with Crippen LogP contribution in [0.4, 0.5) is 10.2 Å². The van der Waals surface area contributed by atoms with Gasteiger partial charge in [-0.2, -0.15) is 5.26 Å². The van der Waals surface area contributed by atoms with Crippen LogP contribution in [0.1, 0.15) is 15.9 Å². The maximum atomic E-state index is 13.5. The van der Waals surface area contributed by atoms with Crippen molar-refractivity contribution in [3.63, 3.8) is 0 Å². The Bertz CT molecular complexity index is 1020. The Morgan fingerprint density at radius 1 is 1.15 bits per heavy atom.